The van der Waals surface area contributed by atoms with Crippen LogP contribution in [0, 0.1) is 0 Å². The van der Waals surface area contributed by atoms with E-state index < -0.39 is 0 Å². The molecule has 0 radical (unpaired) electrons. The molecule has 0 saturated carbocycles. The van der Waals surface area contributed by atoms with Crippen molar-refractivity contribution in [1.82, 2.24) is 9.78 Å². The third-order valence-electron chi connectivity index (χ3n) is 1.86. The molecule has 0 bridgehead atoms. The Balaban J connectivity index is 2.77. The highest BCUT2D eigenvalue weighted by Gasteiger charge is 2.06. The second-order valence-electron chi connectivity index (χ2n) is 3.07. The number of hydrogen-bond acceptors (Lipinski definition) is 3. The van der Waals surface area contributed by atoms with Gasteiger partial charge in [-0.3, -0.25) is 4.68 Å². The molecule has 0 aliphatic heterocycles. The maximum atomic E-state index is 8.84. The molecule has 1 rings (SSSR count). The molecule has 0 aliphatic carbocycles. The monoisotopic (exact) mass is 169 g/mol. The zero-order valence-electron chi connectivity index (χ0n) is 7.44. The smallest absolute Gasteiger partial charge is 0.0721 e. The molecule has 1 unspecified atom stereocenters. The van der Waals surface area contributed by atoms with E-state index in [0.717, 1.165) is 5.56 Å². The summed E-state index contributed by atoms with van der Waals surface area (Å²) in [6.07, 6.45) is 3.60. The van der Waals surface area contributed by atoms with E-state index in [1.165, 1.54) is 0 Å². The lowest BCUT2D eigenvalue weighted by Gasteiger charge is -2.07. The number of nitrogens with two attached hydrogens (primary N) is 1. The Morgan fingerprint density at radius 1 is 1.67 bits per heavy atom. The van der Waals surface area contributed by atoms with Crippen molar-refractivity contribution in [3.05, 3.63) is 18.0 Å². The van der Waals surface area contributed by atoms with Crippen molar-refractivity contribution < 1.29 is 5.11 Å². The number of aliphatic hydroxyl groups excluding tert-OH is 1. The maximum absolute atomic E-state index is 8.84. The average molecular weight is 169 g/mol. The fraction of sp³-hybridized carbons (Fsp3) is 0.625. The molecule has 0 fully saturated rings. The van der Waals surface area contributed by atoms with Gasteiger partial charge in [-0.1, -0.05) is 0 Å². The molecule has 0 aliphatic rings. The van der Waals surface area contributed by atoms with E-state index in [2.05, 4.69) is 5.10 Å². The van der Waals surface area contributed by atoms with E-state index >= 15 is 0 Å². The minimum atomic E-state index is 0.00430. The summed E-state index contributed by atoms with van der Waals surface area (Å²) < 4.78 is 1.72. The molecule has 4 nitrogen and oxygen atoms in total. The van der Waals surface area contributed by atoms with Gasteiger partial charge >= 0.3 is 0 Å². The fourth-order valence-corrected chi connectivity index (χ4v) is 0.913. The second-order valence-corrected chi connectivity index (χ2v) is 3.07. The van der Waals surface area contributed by atoms with Gasteiger partial charge in [-0.25, -0.2) is 0 Å². The van der Waals surface area contributed by atoms with Crippen LogP contribution in [0.5, 0.6) is 0 Å². The summed E-state index contributed by atoms with van der Waals surface area (Å²) >= 11 is 0. The first-order valence-corrected chi connectivity index (χ1v) is 4.05. The molecule has 0 saturated heterocycles. The maximum Gasteiger partial charge on any atom is 0.0721 e. The van der Waals surface area contributed by atoms with Crippen LogP contribution in [0.4, 0.5) is 0 Å². The summed E-state index contributed by atoms with van der Waals surface area (Å²) in [6.45, 7) is 3.91. The van der Waals surface area contributed by atoms with Crippen LogP contribution >= 0.6 is 0 Å². The molecule has 12 heavy (non-hydrogen) atoms. The van der Waals surface area contributed by atoms with Crippen LogP contribution in [-0.2, 0) is 0 Å². The van der Waals surface area contributed by atoms with Gasteiger partial charge in [-0.05, 0) is 13.8 Å². The van der Waals surface area contributed by atoms with Gasteiger partial charge in [-0.15, -0.1) is 0 Å². The van der Waals surface area contributed by atoms with Gasteiger partial charge in [0.25, 0.3) is 0 Å². The molecule has 1 aromatic rings. The SMILES string of the molecule is CC(CO)n1cc([C@H](C)N)cn1. The van der Waals surface area contributed by atoms with E-state index in [1.807, 2.05) is 20.0 Å². The summed E-state index contributed by atoms with van der Waals surface area (Å²) in [5.41, 5.74) is 6.65. The van der Waals surface area contributed by atoms with E-state index in [1.54, 1.807) is 10.9 Å². The Morgan fingerprint density at radius 2 is 2.33 bits per heavy atom. The van der Waals surface area contributed by atoms with Crippen LogP contribution < -0.4 is 5.73 Å². The standard InChI is InChI=1S/C8H15N3O/c1-6(5-12)11-4-8(3-10-11)7(2)9/h3-4,6-7,12H,5,9H2,1-2H3/t6?,7-/m0/s1. The Bertz CT molecular complexity index is 244. The van der Waals surface area contributed by atoms with E-state index in [0.29, 0.717) is 0 Å². The highest BCUT2D eigenvalue weighted by molar-refractivity contribution is 5.08. The number of nitrogens with zero attached hydrogens (tertiary/aromatic N) is 2. The Labute approximate surface area is 72.0 Å². The molecular weight excluding hydrogens is 154 g/mol. The van der Waals surface area contributed by atoms with Crippen LogP contribution in [0.2, 0.25) is 0 Å². The van der Waals surface area contributed by atoms with E-state index in [4.69, 9.17) is 10.8 Å². The first-order valence-electron chi connectivity index (χ1n) is 4.05. The van der Waals surface area contributed by atoms with Crippen LogP contribution in [-0.4, -0.2) is 21.5 Å². The van der Waals surface area contributed by atoms with Gasteiger partial charge in [-0.2, -0.15) is 5.10 Å². The summed E-state index contributed by atoms with van der Waals surface area (Å²) in [4.78, 5) is 0. The van der Waals surface area contributed by atoms with Crippen molar-refractivity contribution in [1.29, 1.82) is 0 Å². The molecule has 2 atom stereocenters. The molecule has 0 aromatic carbocycles. The normalized spacial score (nSPS) is 16.0. The Morgan fingerprint density at radius 3 is 2.75 bits per heavy atom. The molecular formula is C8H15N3O. The molecule has 0 spiro atoms. The van der Waals surface area contributed by atoms with Crippen molar-refractivity contribution in [2.45, 2.75) is 25.9 Å². The van der Waals surface area contributed by atoms with Gasteiger partial charge in [0.05, 0.1) is 18.8 Å². The summed E-state index contributed by atoms with van der Waals surface area (Å²) in [7, 11) is 0. The topological polar surface area (TPSA) is 64.1 Å². The van der Waals surface area contributed by atoms with Crippen molar-refractivity contribution in [3.63, 3.8) is 0 Å². The summed E-state index contributed by atoms with van der Waals surface area (Å²) in [5, 5.41) is 12.9. The molecule has 3 N–H and O–H groups in total. The van der Waals surface area contributed by atoms with Gasteiger partial charge in [0.2, 0.25) is 0 Å². The summed E-state index contributed by atoms with van der Waals surface area (Å²) in [6, 6.07) is 0.0298. The second kappa shape index (κ2) is 3.69. The van der Waals surface area contributed by atoms with Crippen LogP contribution in [0.3, 0.4) is 0 Å². The minimum Gasteiger partial charge on any atom is -0.394 e. The molecule has 1 aromatic heterocycles. The third kappa shape index (κ3) is 1.84. The molecule has 68 valence electrons. The van der Waals surface area contributed by atoms with Crippen LogP contribution in [0.25, 0.3) is 0 Å². The lowest BCUT2D eigenvalue weighted by atomic mass is 10.2. The average Bonchev–Trinajstić information content (AvgIpc) is 2.51. The lowest BCUT2D eigenvalue weighted by Crippen LogP contribution is -2.09. The van der Waals surface area contributed by atoms with Crippen molar-refractivity contribution in [2.75, 3.05) is 6.61 Å². The molecule has 1 heterocycles. The molecule has 0 amide bonds. The van der Waals surface area contributed by atoms with Crippen LogP contribution in [0.1, 0.15) is 31.5 Å². The van der Waals surface area contributed by atoms with Crippen molar-refractivity contribution >= 4 is 0 Å². The molecule has 4 heteroatoms. The zero-order valence-corrected chi connectivity index (χ0v) is 7.44. The third-order valence-corrected chi connectivity index (χ3v) is 1.86. The predicted octanol–water partition coefficient (Wildman–Crippen LogP) is 0.456. The quantitative estimate of drug-likeness (QED) is 0.690. The van der Waals surface area contributed by atoms with Gasteiger partial charge in [0, 0.05) is 17.8 Å². The van der Waals surface area contributed by atoms with E-state index in [9.17, 15) is 0 Å². The van der Waals surface area contributed by atoms with E-state index in [-0.39, 0.29) is 18.7 Å². The first-order chi connectivity index (χ1) is 5.65. The zero-order chi connectivity index (χ0) is 9.14. The largest absolute Gasteiger partial charge is 0.394 e. The lowest BCUT2D eigenvalue weighted by molar-refractivity contribution is 0.229. The Hall–Kier alpha value is -0.870. The minimum absolute atomic E-state index is 0.00430. The number of aromatic nitrogens is 2. The highest BCUT2D eigenvalue weighted by atomic mass is 16.3. The van der Waals surface area contributed by atoms with Gasteiger partial charge < -0.3 is 10.8 Å². The van der Waals surface area contributed by atoms with Gasteiger partial charge in [0.15, 0.2) is 0 Å². The number of hydrogen-bond donors (Lipinski definition) is 2. The first kappa shape index (κ1) is 9.22. The Kier molecular flexibility index (Phi) is 2.83. The van der Waals surface area contributed by atoms with Crippen molar-refractivity contribution in [2.24, 2.45) is 5.73 Å². The fourth-order valence-electron chi connectivity index (χ4n) is 0.913. The van der Waals surface area contributed by atoms with Crippen molar-refractivity contribution in [3.8, 4) is 0 Å². The number of rotatable bonds is 3. The number of aliphatic hydroxyl groups is 1. The van der Waals surface area contributed by atoms with Crippen LogP contribution in [0.15, 0.2) is 12.4 Å². The van der Waals surface area contributed by atoms with Gasteiger partial charge in [0.1, 0.15) is 0 Å². The highest BCUT2D eigenvalue weighted by Crippen LogP contribution is 2.10. The predicted molar refractivity (Wildman–Crippen MR) is 46.6 cm³/mol. The summed E-state index contributed by atoms with van der Waals surface area (Å²) in [5.74, 6) is 0.